The molecular formula is C29H32F3N5O. The van der Waals surface area contributed by atoms with Crippen LogP contribution in [-0.2, 0) is 11.6 Å². The maximum absolute atomic E-state index is 13.5. The smallest absolute Gasteiger partial charge is 0.418 e. The fourth-order valence-electron chi connectivity index (χ4n) is 4.18. The molecule has 200 valence electrons. The second kappa shape index (κ2) is 11.3. The fourth-order valence-corrected chi connectivity index (χ4v) is 4.18. The van der Waals surface area contributed by atoms with E-state index < -0.39 is 11.7 Å². The summed E-state index contributed by atoms with van der Waals surface area (Å²) >= 11 is 0. The van der Waals surface area contributed by atoms with Crippen LogP contribution in [0.2, 0.25) is 0 Å². The van der Waals surface area contributed by atoms with E-state index in [1.165, 1.54) is 18.6 Å². The van der Waals surface area contributed by atoms with E-state index in [9.17, 15) is 13.2 Å². The summed E-state index contributed by atoms with van der Waals surface area (Å²) in [5, 5.41) is 7.34. The largest absolute Gasteiger partial charge is 0.492 e. The monoisotopic (exact) mass is 523 g/mol. The highest BCUT2D eigenvalue weighted by Gasteiger charge is 2.34. The second-order valence-electron chi connectivity index (χ2n) is 10.0. The summed E-state index contributed by atoms with van der Waals surface area (Å²) in [6.45, 7) is 10.8. The Labute approximate surface area is 220 Å². The van der Waals surface area contributed by atoms with Gasteiger partial charge in [-0.2, -0.15) is 13.2 Å². The number of pyridine rings is 1. The van der Waals surface area contributed by atoms with Crippen molar-refractivity contribution in [1.82, 2.24) is 20.3 Å². The Bertz CT molecular complexity index is 1400. The molecular weight excluding hydrogens is 491 g/mol. The van der Waals surface area contributed by atoms with Gasteiger partial charge in [-0.1, -0.05) is 39.8 Å². The molecule has 2 aromatic heterocycles. The number of fused-ring (bicyclic) bond motifs is 1. The number of nitrogens with zero attached hydrogens (tertiary/aromatic N) is 3. The zero-order chi connectivity index (χ0) is 27.3. The quantitative estimate of drug-likeness (QED) is 0.227. The summed E-state index contributed by atoms with van der Waals surface area (Å²) in [4.78, 5) is 12.7. The predicted octanol–water partition coefficient (Wildman–Crippen LogP) is 7.13. The SMILES string of the molecule is CCCNCCOc1cc(Nc2ncnc3cc(-c4ncccc4C(F)(F)F)ccc23)ccc1C(C)(C)C. The molecule has 6 nitrogen and oxygen atoms in total. The molecule has 2 heterocycles. The number of hydrogen-bond donors (Lipinski definition) is 2. The van der Waals surface area contributed by atoms with Crippen molar-refractivity contribution in [2.75, 3.05) is 25.0 Å². The van der Waals surface area contributed by atoms with Crippen molar-refractivity contribution in [3.63, 3.8) is 0 Å². The van der Waals surface area contributed by atoms with Crippen LogP contribution in [0.15, 0.2) is 61.1 Å². The van der Waals surface area contributed by atoms with E-state index in [1.807, 2.05) is 18.2 Å². The van der Waals surface area contributed by atoms with Gasteiger partial charge in [-0.25, -0.2) is 9.97 Å². The first-order valence-corrected chi connectivity index (χ1v) is 12.6. The van der Waals surface area contributed by atoms with Gasteiger partial charge in [-0.15, -0.1) is 0 Å². The molecule has 0 aliphatic rings. The highest BCUT2D eigenvalue weighted by atomic mass is 19.4. The van der Waals surface area contributed by atoms with Gasteiger partial charge in [0.2, 0.25) is 0 Å². The van der Waals surface area contributed by atoms with Crippen LogP contribution in [0.4, 0.5) is 24.7 Å². The van der Waals surface area contributed by atoms with Crippen molar-refractivity contribution < 1.29 is 17.9 Å². The molecule has 0 radical (unpaired) electrons. The standard InChI is InChI=1S/C29H32F3N5O/c1-5-12-33-14-15-38-25-17-20(9-11-22(25)28(2,3)4)37-27-21-10-8-19(16-24(21)35-18-36-27)26-23(29(30,31)32)7-6-13-34-26/h6-11,13,16-18,33H,5,12,14-15H2,1-4H3,(H,35,36,37). The number of anilines is 2. The molecule has 0 saturated heterocycles. The van der Waals surface area contributed by atoms with Gasteiger partial charge in [-0.05, 0) is 54.3 Å². The summed E-state index contributed by atoms with van der Waals surface area (Å²) in [6.07, 6.45) is -0.714. The number of hydrogen-bond acceptors (Lipinski definition) is 6. The van der Waals surface area contributed by atoms with Gasteiger partial charge >= 0.3 is 6.18 Å². The lowest BCUT2D eigenvalue weighted by Crippen LogP contribution is -2.22. The lowest BCUT2D eigenvalue weighted by atomic mass is 9.86. The third-order valence-corrected chi connectivity index (χ3v) is 6.04. The molecule has 0 aliphatic carbocycles. The summed E-state index contributed by atoms with van der Waals surface area (Å²) in [6, 6.07) is 13.2. The Morgan fingerprint density at radius 2 is 1.71 bits per heavy atom. The molecule has 0 amide bonds. The molecule has 0 atom stereocenters. The normalized spacial score (nSPS) is 12.1. The third kappa shape index (κ3) is 6.39. The minimum Gasteiger partial charge on any atom is -0.492 e. The molecule has 0 bridgehead atoms. The first-order chi connectivity index (χ1) is 18.1. The molecule has 0 unspecified atom stereocenters. The summed E-state index contributed by atoms with van der Waals surface area (Å²) in [5.74, 6) is 1.33. The minimum atomic E-state index is -4.51. The zero-order valence-electron chi connectivity index (χ0n) is 22.0. The van der Waals surface area contributed by atoms with Gasteiger partial charge in [0.25, 0.3) is 0 Å². The van der Waals surface area contributed by atoms with Crippen molar-refractivity contribution in [1.29, 1.82) is 0 Å². The number of ether oxygens (including phenoxy) is 1. The van der Waals surface area contributed by atoms with Crippen LogP contribution in [-0.4, -0.2) is 34.6 Å². The van der Waals surface area contributed by atoms with Crippen LogP contribution in [0.3, 0.4) is 0 Å². The van der Waals surface area contributed by atoms with Crippen molar-refractivity contribution in [2.24, 2.45) is 0 Å². The summed E-state index contributed by atoms with van der Waals surface area (Å²) in [7, 11) is 0. The predicted molar refractivity (Wildman–Crippen MR) is 145 cm³/mol. The number of halogens is 3. The minimum absolute atomic E-state index is 0.108. The van der Waals surface area contributed by atoms with E-state index >= 15 is 0 Å². The first-order valence-electron chi connectivity index (χ1n) is 12.6. The Kier molecular flexibility index (Phi) is 8.16. The average Bonchev–Trinajstić information content (AvgIpc) is 2.87. The van der Waals surface area contributed by atoms with E-state index in [4.69, 9.17) is 4.74 Å². The van der Waals surface area contributed by atoms with Gasteiger partial charge < -0.3 is 15.4 Å². The van der Waals surface area contributed by atoms with Crippen molar-refractivity contribution in [3.05, 3.63) is 72.2 Å². The Balaban J connectivity index is 1.64. The van der Waals surface area contributed by atoms with Crippen LogP contribution in [0, 0.1) is 0 Å². The van der Waals surface area contributed by atoms with Crippen LogP contribution < -0.4 is 15.4 Å². The Morgan fingerprint density at radius 3 is 2.45 bits per heavy atom. The van der Waals surface area contributed by atoms with Gasteiger partial charge in [0.1, 0.15) is 24.5 Å². The van der Waals surface area contributed by atoms with E-state index in [0.29, 0.717) is 28.9 Å². The highest BCUT2D eigenvalue weighted by molar-refractivity contribution is 5.93. The van der Waals surface area contributed by atoms with Gasteiger partial charge in [-0.3, -0.25) is 4.98 Å². The lowest BCUT2D eigenvalue weighted by molar-refractivity contribution is -0.137. The fraction of sp³-hybridized carbons (Fsp3) is 0.345. The number of aromatic nitrogens is 3. The molecule has 0 saturated carbocycles. The molecule has 4 rings (SSSR count). The molecule has 4 aromatic rings. The van der Waals surface area contributed by atoms with Crippen molar-refractivity contribution in [3.8, 4) is 17.0 Å². The van der Waals surface area contributed by atoms with E-state index in [2.05, 4.69) is 53.3 Å². The van der Waals surface area contributed by atoms with Gasteiger partial charge in [0, 0.05) is 35.4 Å². The van der Waals surface area contributed by atoms with Crippen molar-refractivity contribution >= 4 is 22.4 Å². The maximum atomic E-state index is 13.5. The van der Waals surface area contributed by atoms with Crippen LogP contribution in [0.5, 0.6) is 5.75 Å². The molecule has 9 heteroatoms. The Morgan fingerprint density at radius 1 is 0.895 bits per heavy atom. The number of nitrogens with one attached hydrogen (secondary N) is 2. The first kappa shape index (κ1) is 27.3. The lowest BCUT2D eigenvalue weighted by Gasteiger charge is -2.24. The molecule has 0 aliphatic heterocycles. The number of rotatable bonds is 9. The number of benzene rings is 2. The summed E-state index contributed by atoms with van der Waals surface area (Å²) in [5.41, 5.74) is 1.67. The topological polar surface area (TPSA) is 72.0 Å². The summed E-state index contributed by atoms with van der Waals surface area (Å²) < 4.78 is 46.7. The molecule has 2 aromatic carbocycles. The van der Waals surface area contributed by atoms with Crippen molar-refractivity contribution in [2.45, 2.75) is 45.7 Å². The Hall–Kier alpha value is -3.72. The molecule has 38 heavy (non-hydrogen) atoms. The average molecular weight is 524 g/mol. The second-order valence-corrected chi connectivity index (χ2v) is 10.0. The van der Waals surface area contributed by atoms with E-state index in [-0.39, 0.29) is 11.1 Å². The molecule has 2 N–H and O–H groups in total. The molecule has 0 fully saturated rings. The van der Waals surface area contributed by atoms with Crippen LogP contribution >= 0.6 is 0 Å². The third-order valence-electron chi connectivity index (χ3n) is 6.04. The van der Waals surface area contributed by atoms with Gasteiger partial charge in [0.05, 0.1) is 16.8 Å². The maximum Gasteiger partial charge on any atom is 0.418 e. The highest BCUT2D eigenvalue weighted by Crippen LogP contribution is 2.38. The zero-order valence-corrected chi connectivity index (χ0v) is 22.0. The number of alkyl halides is 3. The van der Waals surface area contributed by atoms with Crippen LogP contribution in [0.1, 0.15) is 45.2 Å². The molecule has 0 spiro atoms. The van der Waals surface area contributed by atoms with E-state index in [0.717, 1.165) is 42.6 Å². The van der Waals surface area contributed by atoms with Gasteiger partial charge in [0.15, 0.2) is 0 Å². The van der Waals surface area contributed by atoms with Crippen LogP contribution in [0.25, 0.3) is 22.2 Å². The van der Waals surface area contributed by atoms with E-state index in [1.54, 1.807) is 18.2 Å².